The van der Waals surface area contributed by atoms with Gasteiger partial charge in [-0.25, -0.2) is 5.43 Å². The fourth-order valence-corrected chi connectivity index (χ4v) is 2.46. The van der Waals surface area contributed by atoms with Gasteiger partial charge in [0.25, 0.3) is 0 Å². The van der Waals surface area contributed by atoms with E-state index in [0.717, 1.165) is 21.3 Å². The molecule has 0 aliphatic heterocycles. The SMILES string of the molecule is Cc1cc(Cl)ccc1OCCCC(=O)NN=Cc1ccc(Br)cc1. The van der Waals surface area contributed by atoms with Crippen molar-refractivity contribution in [2.24, 2.45) is 5.10 Å². The molecular weight excluding hydrogens is 392 g/mol. The van der Waals surface area contributed by atoms with Crippen molar-refractivity contribution < 1.29 is 9.53 Å². The fraction of sp³-hybridized carbons (Fsp3) is 0.222. The quantitative estimate of drug-likeness (QED) is 0.409. The standard InChI is InChI=1S/C18H18BrClN2O2/c1-13-11-16(20)8-9-17(13)24-10-2-3-18(23)22-21-12-14-4-6-15(19)7-5-14/h4-9,11-12H,2-3,10H2,1H3,(H,22,23). The molecule has 24 heavy (non-hydrogen) atoms. The Morgan fingerprint density at radius 3 is 2.75 bits per heavy atom. The normalized spacial score (nSPS) is 10.8. The van der Waals surface area contributed by atoms with Crippen LogP contribution in [0.4, 0.5) is 0 Å². The molecule has 126 valence electrons. The van der Waals surface area contributed by atoms with Crippen LogP contribution in [-0.4, -0.2) is 18.7 Å². The number of halogens is 2. The largest absolute Gasteiger partial charge is 0.493 e. The molecule has 2 aromatic rings. The Bertz CT molecular complexity index is 717. The van der Waals surface area contributed by atoms with E-state index in [9.17, 15) is 4.79 Å². The molecule has 1 amide bonds. The predicted molar refractivity (Wildman–Crippen MR) is 101 cm³/mol. The third-order valence-corrected chi connectivity index (χ3v) is 3.98. The van der Waals surface area contributed by atoms with Crippen molar-refractivity contribution in [1.29, 1.82) is 0 Å². The van der Waals surface area contributed by atoms with Crippen molar-refractivity contribution >= 4 is 39.7 Å². The molecule has 0 saturated heterocycles. The lowest BCUT2D eigenvalue weighted by molar-refractivity contribution is -0.121. The predicted octanol–water partition coefficient (Wildman–Crippen LogP) is 4.72. The molecule has 2 aromatic carbocycles. The van der Waals surface area contributed by atoms with Crippen molar-refractivity contribution in [1.82, 2.24) is 5.43 Å². The van der Waals surface area contributed by atoms with Gasteiger partial charge in [-0.15, -0.1) is 0 Å². The van der Waals surface area contributed by atoms with Crippen LogP contribution in [0.1, 0.15) is 24.0 Å². The van der Waals surface area contributed by atoms with Crippen LogP contribution in [0.5, 0.6) is 5.75 Å². The summed E-state index contributed by atoms with van der Waals surface area (Å²) in [5, 5.41) is 4.62. The van der Waals surface area contributed by atoms with E-state index in [-0.39, 0.29) is 5.91 Å². The van der Waals surface area contributed by atoms with Crippen molar-refractivity contribution in [2.45, 2.75) is 19.8 Å². The van der Waals surface area contributed by atoms with Crippen molar-refractivity contribution in [3.8, 4) is 5.75 Å². The van der Waals surface area contributed by atoms with Crippen LogP contribution in [0, 0.1) is 6.92 Å². The number of aryl methyl sites for hydroxylation is 1. The van der Waals surface area contributed by atoms with Crippen molar-refractivity contribution in [3.05, 3.63) is 63.1 Å². The van der Waals surface area contributed by atoms with Crippen LogP contribution in [0.2, 0.25) is 5.02 Å². The van der Waals surface area contributed by atoms with Gasteiger partial charge in [0.05, 0.1) is 12.8 Å². The van der Waals surface area contributed by atoms with Gasteiger partial charge in [0.2, 0.25) is 5.91 Å². The summed E-state index contributed by atoms with van der Waals surface area (Å²) in [7, 11) is 0. The second kappa shape index (κ2) is 9.45. The van der Waals surface area contributed by atoms with Gasteiger partial charge in [0.1, 0.15) is 5.75 Å². The maximum absolute atomic E-state index is 11.7. The lowest BCUT2D eigenvalue weighted by atomic mass is 10.2. The molecule has 0 saturated carbocycles. The molecule has 6 heteroatoms. The number of ether oxygens (including phenoxy) is 1. The van der Waals surface area contributed by atoms with Crippen LogP contribution >= 0.6 is 27.5 Å². The molecule has 0 aliphatic carbocycles. The summed E-state index contributed by atoms with van der Waals surface area (Å²) in [6.07, 6.45) is 2.57. The summed E-state index contributed by atoms with van der Waals surface area (Å²) in [5.41, 5.74) is 4.40. The van der Waals surface area contributed by atoms with E-state index in [1.165, 1.54) is 0 Å². The molecular formula is C18H18BrClN2O2. The van der Waals surface area contributed by atoms with Gasteiger partial charge in [-0.3, -0.25) is 4.79 Å². The Morgan fingerprint density at radius 1 is 1.29 bits per heavy atom. The summed E-state index contributed by atoms with van der Waals surface area (Å²) in [5.74, 6) is 0.646. The monoisotopic (exact) mass is 408 g/mol. The van der Waals surface area contributed by atoms with Crippen LogP contribution in [0.15, 0.2) is 52.0 Å². The van der Waals surface area contributed by atoms with E-state index in [0.29, 0.717) is 24.5 Å². The third kappa shape index (κ3) is 6.34. The highest BCUT2D eigenvalue weighted by atomic mass is 79.9. The van der Waals surface area contributed by atoms with E-state index >= 15 is 0 Å². The van der Waals surface area contributed by atoms with E-state index in [4.69, 9.17) is 16.3 Å². The maximum atomic E-state index is 11.7. The van der Waals surface area contributed by atoms with Crippen LogP contribution in [0.25, 0.3) is 0 Å². The molecule has 0 aliphatic rings. The van der Waals surface area contributed by atoms with Gasteiger partial charge in [-0.1, -0.05) is 39.7 Å². The molecule has 0 heterocycles. The Morgan fingerprint density at radius 2 is 2.04 bits per heavy atom. The smallest absolute Gasteiger partial charge is 0.240 e. The summed E-state index contributed by atoms with van der Waals surface area (Å²) in [4.78, 5) is 11.7. The molecule has 0 bridgehead atoms. The number of hydrogen-bond donors (Lipinski definition) is 1. The van der Waals surface area contributed by atoms with Crippen LogP contribution in [-0.2, 0) is 4.79 Å². The second-order valence-electron chi connectivity index (χ2n) is 5.21. The minimum atomic E-state index is -0.139. The second-order valence-corrected chi connectivity index (χ2v) is 6.56. The summed E-state index contributed by atoms with van der Waals surface area (Å²) < 4.78 is 6.65. The van der Waals surface area contributed by atoms with Crippen molar-refractivity contribution in [2.75, 3.05) is 6.61 Å². The number of nitrogens with zero attached hydrogens (tertiary/aromatic N) is 1. The summed E-state index contributed by atoms with van der Waals surface area (Å²) in [6, 6.07) is 13.1. The number of hydrazone groups is 1. The topological polar surface area (TPSA) is 50.7 Å². The highest BCUT2D eigenvalue weighted by Crippen LogP contribution is 2.21. The minimum absolute atomic E-state index is 0.139. The van der Waals surface area contributed by atoms with E-state index in [1.807, 2.05) is 43.3 Å². The maximum Gasteiger partial charge on any atom is 0.240 e. The number of amides is 1. The zero-order valence-electron chi connectivity index (χ0n) is 13.3. The average molecular weight is 410 g/mol. The molecule has 0 aromatic heterocycles. The molecule has 4 nitrogen and oxygen atoms in total. The number of carbonyl (C=O) groups excluding carboxylic acids is 1. The molecule has 0 unspecified atom stereocenters. The first-order valence-electron chi connectivity index (χ1n) is 7.51. The van der Waals surface area contributed by atoms with Crippen LogP contribution < -0.4 is 10.2 Å². The van der Waals surface area contributed by atoms with E-state index in [1.54, 1.807) is 12.3 Å². The van der Waals surface area contributed by atoms with Gasteiger partial charge in [-0.05, 0) is 54.8 Å². The van der Waals surface area contributed by atoms with Gasteiger partial charge < -0.3 is 4.74 Å². The number of hydrogen-bond acceptors (Lipinski definition) is 3. The lowest BCUT2D eigenvalue weighted by Gasteiger charge is -2.08. The minimum Gasteiger partial charge on any atom is -0.493 e. The first-order valence-corrected chi connectivity index (χ1v) is 8.68. The first-order chi connectivity index (χ1) is 11.5. The zero-order chi connectivity index (χ0) is 17.4. The highest BCUT2D eigenvalue weighted by molar-refractivity contribution is 9.10. The lowest BCUT2D eigenvalue weighted by Crippen LogP contribution is -2.18. The Kier molecular flexibility index (Phi) is 7.28. The van der Waals surface area contributed by atoms with Gasteiger partial charge in [-0.2, -0.15) is 5.10 Å². The van der Waals surface area contributed by atoms with Gasteiger partial charge >= 0.3 is 0 Å². The Labute approximate surface area is 155 Å². The number of rotatable bonds is 7. The Hall–Kier alpha value is -1.85. The van der Waals surface area contributed by atoms with Gasteiger partial charge in [0.15, 0.2) is 0 Å². The summed E-state index contributed by atoms with van der Waals surface area (Å²) >= 11 is 9.26. The molecule has 1 N–H and O–H groups in total. The molecule has 2 rings (SSSR count). The zero-order valence-corrected chi connectivity index (χ0v) is 15.6. The average Bonchev–Trinajstić information content (AvgIpc) is 2.55. The van der Waals surface area contributed by atoms with E-state index in [2.05, 4.69) is 26.5 Å². The fourth-order valence-electron chi connectivity index (χ4n) is 1.97. The van der Waals surface area contributed by atoms with E-state index < -0.39 is 0 Å². The number of carbonyl (C=O) groups is 1. The number of nitrogens with one attached hydrogen (secondary N) is 1. The Balaban J connectivity index is 1.67. The van der Waals surface area contributed by atoms with Gasteiger partial charge in [0, 0.05) is 15.9 Å². The summed E-state index contributed by atoms with van der Waals surface area (Å²) in [6.45, 7) is 2.40. The first kappa shape index (κ1) is 18.5. The molecule has 0 spiro atoms. The molecule has 0 atom stereocenters. The van der Waals surface area contributed by atoms with Crippen LogP contribution in [0.3, 0.4) is 0 Å². The third-order valence-electron chi connectivity index (χ3n) is 3.22. The molecule has 0 radical (unpaired) electrons. The van der Waals surface area contributed by atoms with Crippen molar-refractivity contribution in [3.63, 3.8) is 0 Å². The molecule has 0 fully saturated rings. The number of benzene rings is 2. The highest BCUT2D eigenvalue weighted by Gasteiger charge is 2.02.